The van der Waals surface area contributed by atoms with Gasteiger partial charge in [0, 0.05) is 12.0 Å². The molecule has 3 aromatic rings. The van der Waals surface area contributed by atoms with Gasteiger partial charge in [-0.15, -0.1) is 0 Å². The lowest BCUT2D eigenvalue weighted by atomic mass is 9.98. The van der Waals surface area contributed by atoms with Crippen molar-refractivity contribution in [2.24, 2.45) is 0 Å². The summed E-state index contributed by atoms with van der Waals surface area (Å²) in [4.78, 5) is 16.5. The molecule has 0 aliphatic heterocycles. The molecule has 4 rings (SSSR count). The van der Waals surface area contributed by atoms with Crippen LogP contribution in [0.1, 0.15) is 48.3 Å². The Morgan fingerprint density at radius 3 is 2.84 bits per heavy atom. The molecule has 5 nitrogen and oxygen atoms in total. The van der Waals surface area contributed by atoms with Crippen molar-refractivity contribution in [1.82, 2.24) is 4.98 Å². The van der Waals surface area contributed by atoms with Gasteiger partial charge in [0.1, 0.15) is 11.5 Å². The molecule has 0 saturated carbocycles. The van der Waals surface area contributed by atoms with E-state index in [1.165, 1.54) is 11.1 Å². The smallest absolute Gasteiger partial charge is 0.306 e. The molecule has 1 aromatic heterocycles. The number of halogens is 1. The summed E-state index contributed by atoms with van der Waals surface area (Å²) in [5.41, 5.74) is 4.34. The highest BCUT2D eigenvalue weighted by Gasteiger charge is 2.27. The lowest BCUT2D eigenvalue weighted by Crippen LogP contribution is -2.09. The van der Waals surface area contributed by atoms with Crippen molar-refractivity contribution in [2.45, 2.75) is 45.4 Å². The van der Waals surface area contributed by atoms with Gasteiger partial charge < -0.3 is 13.9 Å². The molecular formula is C25H26BrNO4. The number of oxazole rings is 1. The topological polar surface area (TPSA) is 61.6 Å². The van der Waals surface area contributed by atoms with Crippen molar-refractivity contribution in [3.63, 3.8) is 0 Å². The number of fused-ring (bicyclic) bond motifs is 1. The minimum atomic E-state index is -0.130. The predicted molar refractivity (Wildman–Crippen MR) is 122 cm³/mol. The zero-order chi connectivity index (χ0) is 21.8. The first-order valence-electron chi connectivity index (χ1n) is 10.7. The van der Waals surface area contributed by atoms with Crippen molar-refractivity contribution in [3.05, 3.63) is 69.5 Å². The molecule has 0 saturated heterocycles. The molecule has 0 bridgehead atoms. The Labute approximate surface area is 190 Å². The number of rotatable bonds is 8. The van der Waals surface area contributed by atoms with Crippen LogP contribution in [-0.2, 0) is 22.4 Å². The van der Waals surface area contributed by atoms with Gasteiger partial charge in [0.15, 0.2) is 0 Å². The Balaban J connectivity index is 1.39. The number of esters is 1. The van der Waals surface area contributed by atoms with Gasteiger partial charge in [0.2, 0.25) is 5.89 Å². The second kappa shape index (κ2) is 9.69. The summed E-state index contributed by atoms with van der Waals surface area (Å²) < 4.78 is 17.9. The van der Waals surface area contributed by atoms with E-state index >= 15 is 0 Å². The van der Waals surface area contributed by atoms with Crippen LogP contribution in [0.2, 0.25) is 0 Å². The van der Waals surface area contributed by atoms with Gasteiger partial charge in [-0.2, -0.15) is 0 Å². The van der Waals surface area contributed by atoms with Crippen molar-refractivity contribution in [2.75, 3.05) is 13.2 Å². The number of carbonyl (C=O) groups excluding carboxylic acids is 1. The van der Waals surface area contributed by atoms with Crippen LogP contribution in [0.25, 0.3) is 11.5 Å². The van der Waals surface area contributed by atoms with Crippen LogP contribution in [-0.4, -0.2) is 24.2 Å². The molecule has 162 valence electrons. The SMILES string of the molecule is CCOC(=O)C[C@@H]1CCc2cc(OCCc3nc(-c4ccccc4)oc3C)c(Br)cc21. The van der Waals surface area contributed by atoms with Crippen LogP contribution in [0.15, 0.2) is 51.4 Å². The van der Waals surface area contributed by atoms with Crippen LogP contribution >= 0.6 is 15.9 Å². The normalized spacial score (nSPS) is 15.0. The summed E-state index contributed by atoms with van der Waals surface area (Å²) in [6.07, 6.45) is 3.01. The molecule has 31 heavy (non-hydrogen) atoms. The minimum absolute atomic E-state index is 0.130. The number of aryl methyl sites for hydroxylation is 2. The lowest BCUT2D eigenvalue weighted by molar-refractivity contribution is -0.143. The average Bonchev–Trinajstić information content (AvgIpc) is 3.32. The zero-order valence-corrected chi connectivity index (χ0v) is 19.4. The van der Waals surface area contributed by atoms with Crippen LogP contribution in [0.3, 0.4) is 0 Å². The van der Waals surface area contributed by atoms with Crippen molar-refractivity contribution in [1.29, 1.82) is 0 Å². The average molecular weight is 484 g/mol. The van der Waals surface area contributed by atoms with E-state index in [1.54, 1.807) is 0 Å². The third-order valence-electron chi connectivity index (χ3n) is 5.62. The van der Waals surface area contributed by atoms with E-state index in [4.69, 9.17) is 13.9 Å². The zero-order valence-electron chi connectivity index (χ0n) is 17.8. The highest BCUT2D eigenvalue weighted by atomic mass is 79.9. The molecule has 2 aromatic carbocycles. The highest BCUT2D eigenvalue weighted by molar-refractivity contribution is 9.10. The van der Waals surface area contributed by atoms with E-state index in [0.717, 1.165) is 40.1 Å². The number of carbonyl (C=O) groups is 1. The minimum Gasteiger partial charge on any atom is -0.492 e. The molecule has 1 heterocycles. The summed E-state index contributed by atoms with van der Waals surface area (Å²) in [5, 5.41) is 0. The maximum absolute atomic E-state index is 11.9. The van der Waals surface area contributed by atoms with E-state index < -0.39 is 0 Å². The fourth-order valence-electron chi connectivity index (χ4n) is 4.06. The van der Waals surface area contributed by atoms with Gasteiger partial charge >= 0.3 is 5.97 Å². The summed E-state index contributed by atoms with van der Waals surface area (Å²) >= 11 is 3.63. The number of benzene rings is 2. The fraction of sp³-hybridized carbons (Fsp3) is 0.360. The molecular weight excluding hydrogens is 458 g/mol. The molecule has 0 radical (unpaired) electrons. The fourth-order valence-corrected chi connectivity index (χ4v) is 4.53. The molecule has 1 aliphatic rings. The second-order valence-electron chi connectivity index (χ2n) is 7.71. The maximum atomic E-state index is 11.9. The van der Waals surface area contributed by atoms with Gasteiger partial charge in [0.25, 0.3) is 0 Å². The van der Waals surface area contributed by atoms with Crippen molar-refractivity contribution < 1.29 is 18.7 Å². The molecule has 1 aliphatic carbocycles. The number of ether oxygens (including phenoxy) is 2. The Kier molecular flexibility index (Phi) is 6.76. The quantitative estimate of drug-likeness (QED) is 0.366. The maximum Gasteiger partial charge on any atom is 0.306 e. The highest BCUT2D eigenvalue weighted by Crippen LogP contribution is 2.41. The first-order chi connectivity index (χ1) is 15.0. The summed E-state index contributed by atoms with van der Waals surface area (Å²) in [7, 11) is 0. The number of aromatic nitrogens is 1. The van der Waals surface area contributed by atoms with Gasteiger partial charge in [-0.25, -0.2) is 4.98 Å². The third-order valence-corrected chi connectivity index (χ3v) is 6.24. The largest absolute Gasteiger partial charge is 0.492 e. The van der Waals surface area contributed by atoms with Gasteiger partial charge in [-0.3, -0.25) is 4.79 Å². The van der Waals surface area contributed by atoms with Crippen LogP contribution in [0.4, 0.5) is 0 Å². The number of nitrogens with zero attached hydrogens (tertiary/aromatic N) is 1. The Bertz CT molecular complexity index is 1060. The molecule has 0 N–H and O–H groups in total. The molecule has 0 amide bonds. The van der Waals surface area contributed by atoms with Crippen LogP contribution in [0, 0.1) is 6.92 Å². The summed E-state index contributed by atoms with van der Waals surface area (Å²) in [5.74, 6) is 2.36. The summed E-state index contributed by atoms with van der Waals surface area (Å²) in [6.45, 7) is 4.70. The molecule has 0 unspecified atom stereocenters. The lowest BCUT2D eigenvalue weighted by Gasteiger charge is -2.14. The van der Waals surface area contributed by atoms with E-state index in [9.17, 15) is 4.79 Å². The molecule has 1 atom stereocenters. The first-order valence-corrected chi connectivity index (χ1v) is 11.5. The summed E-state index contributed by atoms with van der Waals surface area (Å²) in [6, 6.07) is 14.1. The predicted octanol–water partition coefficient (Wildman–Crippen LogP) is 6.02. The van der Waals surface area contributed by atoms with E-state index in [1.807, 2.05) is 44.2 Å². The molecule has 0 fully saturated rings. The van der Waals surface area contributed by atoms with Gasteiger partial charge in [0.05, 0.1) is 29.8 Å². The first kappa shape index (κ1) is 21.6. The number of hydrogen-bond acceptors (Lipinski definition) is 5. The van der Waals surface area contributed by atoms with Crippen LogP contribution < -0.4 is 4.74 Å². The van der Waals surface area contributed by atoms with E-state index in [-0.39, 0.29) is 11.9 Å². The Morgan fingerprint density at radius 2 is 2.06 bits per heavy atom. The van der Waals surface area contributed by atoms with Crippen molar-refractivity contribution >= 4 is 21.9 Å². The van der Waals surface area contributed by atoms with Crippen molar-refractivity contribution in [3.8, 4) is 17.2 Å². The van der Waals surface area contributed by atoms with E-state index in [0.29, 0.717) is 31.9 Å². The molecule has 6 heteroatoms. The van der Waals surface area contributed by atoms with E-state index in [2.05, 4.69) is 33.0 Å². The van der Waals surface area contributed by atoms with Crippen LogP contribution in [0.5, 0.6) is 5.75 Å². The standard InChI is InChI=1S/C25H26BrNO4/c1-3-29-24(28)14-19-10-9-18-13-23(21(26)15-20(18)19)30-12-11-22-16(2)31-25(27-22)17-7-5-4-6-8-17/h4-8,13,15,19H,3,9-12,14H2,1-2H3/t19-/m0/s1. The Morgan fingerprint density at radius 1 is 1.26 bits per heavy atom. The molecule has 0 spiro atoms. The third kappa shape index (κ3) is 5.01. The Hall–Kier alpha value is -2.60. The van der Waals surface area contributed by atoms with Gasteiger partial charge in [-0.05, 0) is 83.9 Å². The van der Waals surface area contributed by atoms with Gasteiger partial charge in [-0.1, -0.05) is 18.2 Å². The number of hydrogen-bond donors (Lipinski definition) is 0. The second-order valence-corrected chi connectivity index (χ2v) is 8.57. The monoisotopic (exact) mass is 483 g/mol.